The van der Waals surface area contributed by atoms with Gasteiger partial charge in [-0.25, -0.2) is 12.7 Å². The summed E-state index contributed by atoms with van der Waals surface area (Å²) in [6.07, 6.45) is 1.10. The normalized spacial score (nSPS) is 32.7. The van der Waals surface area contributed by atoms with Crippen LogP contribution in [0.25, 0.3) is 0 Å². The number of nitrogens with zero attached hydrogens (tertiary/aromatic N) is 1. The Hall–Kier alpha value is -0.170. The van der Waals surface area contributed by atoms with Gasteiger partial charge in [0.2, 0.25) is 10.0 Å². The first-order chi connectivity index (χ1) is 7.18. The second-order valence-corrected chi connectivity index (χ2v) is 6.37. The molecule has 5 nitrogen and oxygen atoms in total. The molecule has 2 saturated heterocycles. The lowest BCUT2D eigenvalue weighted by atomic mass is 10.1. The maximum atomic E-state index is 11.9. The highest BCUT2D eigenvalue weighted by Gasteiger charge is 2.27. The van der Waals surface area contributed by atoms with E-state index in [1.807, 2.05) is 0 Å². The second-order valence-electron chi connectivity index (χ2n) is 4.28. The molecule has 1 atom stereocenters. The van der Waals surface area contributed by atoms with E-state index in [1.165, 1.54) is 0 Å². The van der Waals surface area contributed by atoms with Crippen molar-refractivity contribution in [2.75, 3.05) is 45.0 Å². The zero-order chi connectivity index (χ0) is 10.7. The van der Waals surface area contributed by atoms with Gasteiger partial charge in [-0.3, -0.25) is 0 Å². The lowest BCUT2D eigenvalue weighted by Gasteiger charge is -2.22. The fourth-order valence-electron chi connectivity index (χ4n) is 2.16. The van der Waals surface area contributed by atoms with Crippen LogP contribution in [0.15, 0.2) is 0 Å². The van der Waals surface area contributed by atoms with Crippen LogP contribution in [0.4, 0.5) is 0 Å². The molecule has 0 amide bonds. The molecule has 0 saturated carbocycles. The van der Waals surface area contributed by atoms with Crippen LogP contribution in [0.1, 0.15) is 6.42 Å². The van der Waals surface area contributed by atoms with Crippen LogP contribution in [-0.4, -0.2) is 57.7 Å². The minimum absolute atomic E-state index is 0.243. The molecule has 15 heavy (non-hydrogen) atoms. The van der Waals surface area contributed by atoms with E-state index in [0.29, 0.717) is 25.6 Å². The van der Waals surface area contributed by atoms with Crippen LogP contribution < -0.4 is 10.6 Å². The largest absolute Gasteiger partial charge is 0.316 e. The van der Waals surface area contributed by atoms with Crippen molar-refractivity contribution in [1.82, 2.24) is 14.9 Å². The summed E-state index contributed by atoms with van der Waals surface area (Å²) in [7, 11) is -3.00. The molecule has 1 unspecified atom stereocenters. The minimum atomic E-state index is -3.00. The summed E-state index contributed by atoms with van der Waals surface area (Å²) in [5.41, 5.74) is 0. The van der Waals surface area contributed by atoms with Gasteiger partial charge in [-0.1, -0.05) is 0 Å². The molecule has 0 aromatic carbocycles. The summed E-state index contributed by atoms with van der Waals surface area (Å²) < 4.78 is 25.4. The van der Waals surface area contributed by atoms with Crippen molar-refractivity contribution in [2.24, 2.45) is 5.92 Å². The molecular weight excluding hydrogens is 214 g/mol. The van der Waals surface area contributed by atoms with Crippen LogP contribution in [0.5, 0.6) is 0 Å². The first-order valence-electron chi connectivity index (χ1n) is 5.58. The summed E-state index contributed by atoms with van der Waals surface area (Å²) in [4.78, 5) is 0. The molecule has 0 aromatic rings. The zero-order valence-electron chi connectivity index (χ0n) is 8.91. The molecule has 0 spiro atoms. The van der Waals surface area contributed by atoms with Crippen molar-refractivity contribution < 1.29 is 8.42 Å². The lowest BCUT2D eigenvalue weighted by molar-refractivity contribution is 0.360. The Bertz CT molecular complexity index is 298. The van der Waals surface area contributed by atoms with E-state index in [9.17, 15) is 8.42 Å². The van der Waals surface area contributed by atoms with Crippen molar-refractivity contribution in [3.05, 3.63) is 0 Å². The highest BCUT2D eigenvalue weighted by atomic mass is 32.2. The third-order valence-electron chi connectivity index (χ3n) is 3.09. The topological polar surface area (TPSA) is 61.4 Å². The van der Waals surface area contributed by atoms with E-state index in [-0.39, 0.29) is 5.75 Å². The predicted molar refractivity (Wildman–Crippen MR) is 59.2 cm³/mol. The smallest absolute Gasteiger partial charge is 0.215 e. The van der Waals surface area contributed by atoms with Crippen molar-refractivity contribution in [3.8, 4) is 0 Å². The van der Waals surface area contributed by atoms with Crippen LogP contribution in [0.2, 0.25) is 0 Å². The predicted octanol–water partition coefficient (Wildman–Crippen LogP) is -1.17. The molecule has 2 heterocycles. The highest BCUT2D eigenvalue weighted by Crippen LogP contribution is 2.13. The molecule has 88 valence electrons. The van der Waals surface area contributed by atoms with Gasteiger partial charge in [0.15, 0.2) is 0 Å². The zero-order valence-corrected chi connectivity index (χ0v) is 9.72. The van der Waals surface area contributed by atoms with Crippen molar-refractivity contribution in [1.29, 1.82) is 0 Å². The Morgan fingerprint density at radius 2 is 2.07 bits per heavy atom. The van der Waals surface area contributed by atoms with Gasteiger partial charge in [-0.15, -0.1) is 0 Å². The monoisotopic (exact) mass is 233 g/mol. The maximum absolute atomic E-state index is 11.9. The van der Waals surface area contributed by atoms with Crippen molar-refractivity contribution in [2.45, 2.75) is 6.42 Å². The van der Waals surface area contributed by atoms with Gasteiger partial charge < -0.3 is 10.6 Å². The van der Waals surface area contributed by atoms with Crippen molar-refractivity contribution >= 4 is 10.0 Å². The van der Waals surface area contributed by atoms with E-state index in [2.05, 4.69) is 10.6 Å². The summed E-state index contributed by atoms with van der Waals surface area (Å²) in [5.74, 6) is 0.741. The average molecular weight is 233 g/mol. The molecule has 2 aliphatic rings. The number of hydrogen-bond donors (Lipinski definition) is 2. The molecule has 2 rings (SSSR count). The molecule has 2 aliphatic heterocycles. The van der Waals surface area contributed by atoms with Crippen LogP contribution in [0, 0.1) is 5.92 Å². The average Bonchev–Trinajstić information content (AvgIpc) is 2.62. The van der Waals surface area contributed by atoms with Gasteiger partial charge in [-0.2, -0.15) is 0 Å². The quantitative estimate of drug-likeness (QED) is 0.631. The lowest BCUT2D eigenvalue weighted by Crippen LogP contribution is -2.38. The molecule has 2 N–H and O–H groups in total. The summed E-state index contributed by atoms with van der Waals surface area (Å²) in [5, 5.41) is 6.39. The molecule has 0 aliphatic carbocycles. The highest BCUT2D eigenvalue weighted by molar-refractivity contribution is 7.89. The van der Waals surface area contributed by atoms with Gasteiger partial charge in [-0.05, 0) is 25.4 Å². The van der Waals surface area contributed by atoms with Crippen molar-refractivity contribution in [3.63, 3.8) is 0 Å². The molecule has 0 bridgehead atoms. The van der Waals surface area contributed by atoms with Crippen LogP contribution >= 0.6 is 0 Å². The Morgan fingerprint density at radius 1 is 1.20 bits per heavy atom. The van der Waals surface area contributed by atoms with Gasteiger partial charge in [0.25, 0.3) is 0 Å². The van der Waals surface area contributed by atoms with E-state index >= 15 is 0 Å². The molecule has 6 heteroatoms. The third-order valence-corrected chi connectivity index (χ3v) is 4.93. The SMILES string of the molecule is O=S1(=O)CCNCCN1CC1CCNC1. The van der Waals surface area contributed by atoms with Gasteiger partial charge in [0.05, 0.1) is 5.75 Å². The first kappa shape index (κ1) is 11.3. The van der Waals surface area contributed by atoms with Gasteiger partial charge in [0.1, 0.15) is 0 Å². The Morgan fingerprint density at radius 3 is 2.80 bits per heavy atom. The first-order valence-corrected chi connectivity index (χ1v) is 7.19. The van der Waals surface area contributed by atoms with E-state index < -0.39 is 10.0 Å². The number of sulfonamides is 1. The maximum Gasteiger partial charge on any atom is 0.215 e. The molecule has 0 aromatic heterocycles. The standard InChI is InChI=1S/C9H19N3O2S/c13-15(14)6-4-10-3-5-12(15)8-9-1-2-11-7-9/h9-11H,1-8H2. The molecular formula is C9H19N3O2S. The number of hydrogen-bond acceptors (Lipinski definition) is 4. The Kier molecular flexibility index (Phi) is 3.60. The summed E-state index contributed by atoms with van der Waals surface area (Å²) >= 11 is 0. The van der Waals surface area contributed by atoms with Crippen LogP contribution in [-0.2, 0) is 10.0 Å². The fourth-order valence-corrected chi connectivity index (χ4v) is 3.63. The molecule has 0 radical (unpaired) electrons. The third kappa shape index (κ3) is 2.90. The fraction of sp³-hybridized carbons (Fsp3) is 1.00. The molecule has 2 fully saturated rings. The van der Waals surface area contributed by atoms with E-state index in [4.69, 9.17) is 0 Å². The number of rotatable bonds is 2. The Labute approximate surface area is 91.3 Å². The minimum Gasteiger partial charge on any atom is -0.316 e. The Balaban J connectivity index is 1.98. The van der Waals surface area contributed by atoms with E-state index in [0.717, 1.165) is 26.1 Å². The second kappa shape index (κ2) is 4.78. The van der Waals surface area contributed by atoms with E-state index in [1.54, 1.807) is 4.31 Å². The summed E-state index contributed by atoms with van der Waals surface area (Å²) in [6.45, 7) is 4.66. The van der Waals surface area contributed by atoms with Gasteiger partial charge >= 0.3 is 0 Å². The van der Waals surface area contributed by atoms with Crippen LogP contribution in [0.3, 0.4) is 0 Å². The van der Waals surface area contributed by atoms with Gasteiger partial charge in [0, 0.05) is 26.2 Å². The summed E-state index contributed by atoms with van der Waals surface area (Å²) in [6, 6.07) is 0. The number of nitrogens with one attached hydrogen (secondary N) is 2.